The molecular weight excluding hydrogens is 384 g/mol. The quantitative estimate of drug-likeness (QED) is 0.758. The van der Waals surface area contributed by atoms with Crippen LogP contribution in [0.2, 0.25) is 0 Å². The van der Waals surface area contributed by atoms with Crippen LogP contribution in [0.25, 0.3) is 0 Å². The first-order chi connectivity index (χ1) is 14.2. The fraction of sp³-hybridized carbons (Fsp3) is 0.409. The summed E-state index contributed by atoms with van der Waals surface area (Å²) < 4.78 is 0. The van der Waals surface area contributed by atoms with Crippen molar-refractivity contribution >= 4 is 23.6 Å². The van der Waals surface area contributed by atoms with E-state index in [1.807, 2.05) is 52.3 Å². The molecule has 2 aromatic rings. The molecule has 2 amide bonds. The van der Waals surface area contributed by atoms with Crippen LogP contribution in [0.5, 0.6) is 0 Å². The molecule has 7 heteroatoms. The van der Waals surface area contributed by atoms with Crippen molar-refractivity contribution in [2.75, 3.05) is 45.8 Å². The van der Waals surface area contributed by atoms with E-state index >= 15 is 0 Å². The van der Waals surface area contributed by atoms with Gasteiger partial charge in [-0.1, -0.05) is 30.0 Å². The van der Waals surface area contributed by atoms with Crippen molar-refractivity contribution < 1.29 is 9.59 Å². The number of benzene rings is 1. The average molecular weight is 411 g/mol. The van der Waals surface area contributed by atoms with Crippen LogP contribution in [0.4, 0.5) is 0 Å². The third-order valence-electron chi connectivity index (χ3n) is 5.44. The minimum Gasteiger partial charge on any atom is -0.342 e. The first kappa shape index (κ1) is 19.9. The van der Waals surface area contributed by atoms with E-state index in [0.717, 1.165) is 48.9 Å². The molecule has 0 spiro atoms. The summed E-state index contributed by atoms with van der Waals surface area (Å²) >= 11 is 1.51. The van der Waals surface area contributed by atoms with Crippen molar-refractivity contribution in [3.8, 4) is 0 Å². The molecule has 1 aromatic carbocycles. The Bertz CT molecular complexity index is 847. The van der Waals surface area contributed by atoms with Crippen molar-refractivity contribution in [1.29, 1.82) is 0 Å². The number of aromatic nitrogens is 1. The third-order valence-corrected chi connectivity index (χ3v) is 6.46. The summed E-state index contributed by atoms with van der Waals surface area (Å²) in [4.78, 5) is 37.0. The van der Waals surface area contributed by atoms with Gasteiger partial charge in [0, 0.05) is 50.4 Å². The van der Waals surface area contributed by atoms with Crippen LogP contribution in [0.1, 0.15) is 23.2 Å². The second-order valence-electron chi connectivity index (χ2n) is 7.43. The van der Waals surface area contributed by atoms with Gasteiger partial charge in [-0.05, 0) is 37.1 Å². The molecule has 29 heavy (non-hydrogen) atoms. The molecule has 3 heterocycles. The first-order valence-corrected chi connectivity index (χ1v) is 11.0. The number of likely N-dealkylation sites (tertiary alicyclic amines) is 1. The van der Waals surface area contributed by atoms with E-state index in [-0.39, 0.29) is 11.8 Å². The van der Waals surface area contributed by atoms with Crippen molar-refractivity contribution in [1.82, 2.24) is 19.7 Å². The molecule has 2 aliphatic heterocycles. The number of piperazine rings is 1. The zero-order valence-electron chi connectivity index (χ0n) is 16.5. The van der Waals surface area contributed by atoms with Gasteiger partial charge in [-0.25, -0.2) is 4.98 Å². The highest BCUT2D eigenvalue weighted by molar-refractivity contribution is 7.99. The number of hydrogen-bond acceptors (Lipinski definition) is 5. The molecule has 0 bridgehead atoms. The Morgan fingerprint density at radius 1 is 0.862 bits per heavy atom. The number of pyridine rings is 1. The number of rotatable bonds is 5. The molecule has 0 saturated carbocycles. The Morgan fingerprint density at radius 3 is 2.31 bits per heavy atom. The summed E-state index contributed by atoms with van der Waals surface area (Å²) in [6, 6.07) is 13.6. The minimum atomic E-state index is 0.0158. The summed E-state index contributed by atoms with van der Waals surface area (Å²) in [7, 11) is 0. The maximum atomic E-state index is 13.1. The molecule has 4 rings (SSSR count). The van der Waals surface area contributed by atoms with Gasteiger partial charge < -0.3 is 9.80 Å². The molecule has 1 aromatic heterocycles. The lowest BCUT2D eigenvalue weighted by molar-refractivity contribution is -0.131. The van der Waals surface area contributed by atoms with E-state index < -0.39 is 0 Å². The maximum absolute atomic E-state index is 13.1. The van der Waals surface area contributed by atoms with E-state index in [9.17, 15) is 9.59 Å². The molecule has 0 aliphatic carbocycles. The van der Waals surface area contributed by atoms with Gasteiger partial charge in [-0.2, -0.15) is 0 Å². The summed E-state index contributed by atoms with van der Waals surface area (Å²) in [6.45, 7) is 4.97. The van der Waals surface area contributed by atoms with Crippen molar-refractivity contribution in [3.63, 3.8) is 0 Å². The van der Waals surface area contributed by atoms with Gasteiger partial charge in [0.05, 0.1) is 12.1 Å². The predicted molar refractivity (Wildman–Crippen MR) is 113 cm³/mol. The van der Waals surface area contributed by atoms with Crippen LogP contribution in [0.15, 0.2) is 58.6 Å². The van der Waals surface area contributed by atoms with Gasteiger partial charge >= 0.3 is 0 Å². The van der Waals surface area contributed by atoms with Crippen LogP contribution in [0, 0.1) is 0 Å². The van der Waals surface area contributed by atoms with Gasteiger partial charge in [0.25, 0.3) is 5.91 Å². The van der Waals surface area contributed by atoms with Gasteiger partial charge in [-0.15, -0.1) is 0 Å². The molecule has 0 radical (unpaired) electrons. The monoisotopic (exact) mass is 410 g/mol. The van der Waals surface area contributed by atoms with Crippen LogP contribution >= 0.6 is 11.8 Å². The van der Waals surface area contributed by atoms with Gasteiger partial charge in [-0.3, -0.25) is 14.5 Å². The Hall–Kier alpha value is -2.38. The van der Waals surface area contributed by atoms with Gasteiger partial charge in [0.15, 0.2) is 0 Å². The van der Waals surface area contributed by atoms with Crippen molar-refractivity contribution in [2.24, 2.45) is 0 Å². The Morgan fingerprint density at radius 2 is 1.59 bits per heavy atom. The number of carbonyl (C=O) groups is 2. The first-order valence-electron chi connectivity index (χ1n) is 10.2. The molecule has 6 nitrogen and oxygen atoms in total. The normalized spacial score (nSPS) is 17.5. The van der Waals surface area contributed by atoms with E-state index in [0.29, 0.717) is 25.2 Å². The number of amides is 2. The van der Waals surface area contributed by atoms with E-state index in [1.165, 1.54) is 11.8 Å². The predicted octanol–water partition coefficient (Wildman–Crippen LogP) is 2.61. The van der Waals surface area contributed by atoms with Crippen molar-refractivity contribution in [2.45, 2.75) is 22.8 Å². The SMILES string of the molecule is O=C(CN1CCN(C(=O)c2cccnc2Sc2ccccc2)CC1)N1CCCC1. The van der Waals surface area contributed by atoms with Crippen molar-refractivity contribution in [3.05, 3.63) is 54.2 Å². The smallest absolute Gasteiger partial charge is 0.256 e. The molecule has 2 aliphatic rings. The summed E-state index contributed by atoms with van der Waals surface area (Å²) in [5, 5.41) is 0.732. The summed E-state index contributed by atoms with van der Waals surface area (Å²) in [5.74, 6) is 0.234. The topological polar surface area (TPSA) is 56.8 Å². The Kier molecular flexibility index (Phi) is 6.46. The second kappa shape index (κ2) is 9.41. The van der Waals surface area contributed by atoms with Crippen LogP contribution in [-0.2, 0) is 4.79 Å². The molecular formula is C22H26N4O2S. The lowest BCUT2D eigenvalue weighted by Crippen LogP contribution is -2.51. The number of hydrogen-bond donors (Lipinski definition) is 0. The zero-order chi connectivity index (χ0) is 20.1. The Balaban J connectivity index is 1.35. The molecule has 0 N–H and O–H groups in total. The zero-order valence-corrected chi connectivity index (χ0v) is 17.3. The second-order valence-corrected chi connectivity index (χ2v) is 8.49. The van der Waals surface area contributed by atoms with Crippen LogP contribution in [0.3, 0.4) is 0 Å². The highest BCUT2D eigenvalue weighted by Crippen LogP contribution is 2.29. The molecule has 0 unspecified atom stereocenters. The standard InChI is InChI=1S/C22H26N4O2S/c27-20(25-11-4-5-12-25)17-24-13-15-26(16-14-24)22(28)19-9-6-10-23-21(19)29-18-7-2-1-3-8-18/h1-3,6-10H,4-5,11-17H2. The largest absolute Gasteiger partial charge is 0.342 e. The highest BCUT2D eigenvalue weighted by Gasteiger charge is 2.27. The average Bonchev–Trinajstić information content (AvgIpc) is 3.30. The van der Waals surface area contributed by atoms with Gasteiger partial charge in [0.1, 0.15) is 5.03 Å². The molecule has 2 saturated heterocycles. The van der Waals surface area contributed by atoms with E-state index in [4.69, 9.17) is 0 Å². The maximum Gasteiger partial charge on any atom is 0.256 e. The summed E-state index contributed by atoms with van der Waals surface area (Å²) in [5.41, 5.74) is 0.642. The fourth-order valence-electron chi connectivity index (χ4n) is 3.77. The Labute approximate surface area is 175 Å². The van der Waals surface area contributed by atoms with Crippen LogP contribution < -0.4 is 0 Å². The highest BCUT2D eigenvalue weighted by atomic mass is 32.2. The minimum absolute atomic E-state index is 0.0158. The molecule has 0 atom stereocenters. The number of nitrogens with zero attached hydrogens (tertiary/aromatic N) is 4. The van der Waals surface area contributed by atoms with E-state index in [1.54, 1.807) is 6.20 Å². The number of carbonyl (C=O) groups excluding carboxylic acids is 2. The summed E-state index contributed by atoms with van der Waals surface area (Å²) in [6.07, 6.45) is 3.95. The fourth-order valence-corrected chi connectivity index (χ4v) is 4.67. The lowest BCUT2D eigenvalue weighted by atomic mass is 10.2. The van der Waals surface area contributed by atoms with Gasteiger partial charge in [0.2, 0.25) is 5.91 Å². The lowest BCUT2D eigenvalue weighted by Gasteiger charge is -2.35. The molecule has 152 valence electrons. The third kappa shape index (κ3) is 4.97. The molecule has 2 fully saturated rings. The van der Waals surface area contributed by atoms with E-state index in [2.05, 4.69) is 9.88 Å². The van der Waals surface area contributed by atoms with Crippen LogP contribution in [-0.4, -0.2) is 77.3 Å².